The topological polar surface area (TPSA) is 20.2 Å². The van der Waals surface area contributed by atoms with E-state index in [1.54, 1.807) is 18.2 Å². The third-order valence-corrected chi connectivity index (χ3v) is 3.52. The fourth-order valence-corrected chi connectivity index (χ4v) is 2.76. The normalized spacial score (nSPS) is 12.4. The quantitative estimate of drug-likeness (QED) is 0.826. The van der Waals surface area contributed by atoms with Crippen LogP contribution < -0.4 is 0 Å². The van der Waals surface area contributed by atoms with Gasteiger partial charge in [-0.1, -0.05) is 51.3 Å². The molecule has 0 aliphatic carbocycles. The first-order chi connectivity index (χ1) is 8.54. The maximum Gasteiger partial charge on any atom is 0.0831 e. The summed E-state index contributed by atoms with van der Waals surface area (Å²) in [7, 11) is 0. The van der Waals surface area contributed by atoms with Gasteiger partial charge < -0.3 is 5.11 Å². The molecule has 2 aromatic carbocycles. The zero-order valence-electron chi connectivity index (χ0n) is 9.41. The molecule has 2 aromatic rings. The van der Waals surface area contributed by atoms with E-state index in [9.17, 15) is 5.11 Å². The molecule has 1 nitrogen and oxygen atoms in total. The number of hydrogen-bond acceptors (Lipinski definition) is 1. The van der Waals surface area contributed by atoms with Crippen molar-refractivity contribution >= 4 is 39.1 Å². The number of hydrogen-bond donors (Lipinski definition) is 1. The lowest BCUT2D eigenvalue weighted by Gasteiger charge is -2.12. The molecule has 0 spiro atoms. The Kier molecular flexibility index (Phi) is 4.68. The molecule has 0 aromatic heterocycles. The molecule has 94 valence electrons. The average Bonchev–Trinajstić information content (AvgIpc) is 2.27. The molecular formula is C14H11BrCl2O. The monoisotopic (exact) mass is 344 g/mol. The Balaban J connectivity index is 2.19. The van der Waals surface area contributed by atoms with Gasteiger partial charge in [-0.05, 0) is 41.5 Å². The highest BCUT2D eigenvalue weighted by Crippen LogP contribution is 2.26. The molecule has 1 atom stereocenters. The van der Waals surface area contributed by atoms with Crippen molar-refractivity contribution in [3.8, 4) is 0 Å². The van der Waals surface area contributed by atoms with Crippen LogP contribution in [0.25, 0.3) is 0 Å². The number of rotatable bonds is 3. The molecular weight excluding hydrogens is 335 g/mol. The van der Waals surface area contributed by atoms with E-state index in [0.29, 0.717) is 16.5 Å². The Morgan fingerprint density at radius 3 is 2.33 bits per heavy atom. The van der Waals surface area contributed by atoms with Crippen LogP contribution in [0, 0.1) is 0 Å². The lowest BCUT2D eigenvalue weighted by atomic mass is 10.0. The van der Waals surface area contributed by atoms with Crippen molar-refractivity contribution in [1.29, 1.82) is 0 Å². The summed E-state index contributed by atoms with van der Waals surface area (Å²) in [5.74, 6) is 0. The minimum Gasteiger partial charge on any atom is -0.388 e. The molecule has 0 radical (unpaired) electrons. The second-order valence-corrected chi connectivity index (χ2v) is 5.84. The van der Waals surface area contributed by atoms with E-state index in [0.717, 1.165) is 15.6 Å². The second-order valence-electron chi connectivity index (χ2n) is 4.05. The first-order valence-corrected chi connectivity index (χ1v) is 6.98. The van der Waals surface area contributed by atoms with Crippen molar-refractivity contribution in [3.63, 3.8) is 0 Å². The van der Waals surface area contributed by atoms with Crippen molar-refractivity contribution in [2.45, 2.75) is 12.5 Å². The van der Waals surface area contributed by atoms with E-state index >= 15 is 0 Å². The molecule has 4 heteroatoms. The number of aliphatic hydroxyl groups excluding tert-OH is 1. The van der Waals surface area contributed by atoms with Gasteiger partial charge in [0.1, 0.15) is 0 Å². The van der Waals surface area contributed by atoms with E-state index in [1.807, 2.05) is 24.3 Å². The fraction of sp³-hybridized carbons (Fsp3) is 0.143. The molecule has 0 amide bonds. The zero-order chi connectivity index (χ0) is 13.1. The molecule has 2 rings (SSSR count). The van der Waals surface area contributed by atoms with Gasteiger partial charge in [-0.25, -0.2) is 0 Å². The number of aliphatic hydroxyl groups is 1. The van der Waals surface area contributed by atoms with Crippen LogP contribution in [0.4, 0.5) is 0 Å². The van der Waals surface area contributed by atoms with E-state index in [1.165, 1.54) is 0 Å². The zero-order valence-corrected chi connectivity index (χ0v) is 12.5. The SMILES string of the molecule is OC(Cc1cccc(Br)c1)c1cc(Cl)cc(Cl)c1. The number of benzene rings is 2. The molecule has 0 aliphatic rings. The summed E-state index contributed by atoms with van der Waals surface area (Å²) in [6.07, 6.45) is -0.0914. The molecule has 0 fully saturated rings. The molecule has 1 unspecified atom stereocenters. The lowest BCUT2D eigenvalue weighted by molar-refractivity contribution is 0.178. The molecule has 0 aliphatic heterocycles. The Labute approximate surface area is 124 Å². The average molecular weight is 346 g/mol. The van der Waals surface area contributed by atoms with Crippen LogP contribution in [-0.2, 0) is 6.42 Å². The van der Waals surface area contributed by atoms with Crippen LogP contribution in [0.3, 0.4) is 0 Å². The number of halogens is 3. The van der Waals surface area contributed by atoms with Crippen LogP contribution in [0.2, 0.25) is 10.0 Å². The van der Waals surface area contributed by atoms with Gasteiger partial charge >= 0.3 is 0 Å². The first-order valence-electron chi connectivity index (χ1n) is 5.43. The molecule has 18 heavy (non-hydrogen) atoms. The minimum absolute atomic E-state index is 0.524. The Morgan fingerprint density at radius 2 is 1.72 bits per heavy atom. The van der Waals surface area contributed by atoms with Crippen LogP contribution in [-0.4, -0.2) is 5.11 Å². The Hall–Kier alpha value is -0.540. The van der Waals surface area contributed by atoms with E-state index in [4.69, 9.17) is 23.2 Å². The van der Waals surface area contributed by atoms with Crippen molar-refractivity contribution in [2.24, 2.45) is 0 Å². The third kappa shape index (κ3) is 3.72. The largest absolute Gasteiger partial charge is 0.388 e. The second kappa shape index (κ2) is 6.07. The van der Waals surface area contributed by atoms with E-state index in [-0.39, 0.29) is 0 Å². The highest BCUT2D eigenvalue weighted by Gasteiger charge is 2.10. The van der Waals surface area contributed by atoms with E-state index < -0.39 is 6.10 Å². The van der Waals surface area contributed by atoms with Crippen molar-refractivity contribution in [2.75, 3.05) is 0 Å². The summed E-state index contributed by atoms with van der Waals surface area (Å²) < 4.78 is 0.997. The molecule has 0 saturated carbocycles. The Bertz CT molecular complexity index is 537. The van der Waals surface area contributed by atoms with Gasteiger partial charge in [0.2, 0.25) is 0 Å². The van der Waals surface area contributed by atoms with Gasteiger partial charge in [0.05, 0.1) is 6.10 Å². The van der Waals surface area contributed by atoms with Gasteiger partial charge in [-0.3, -0.25) is 0 Å². The first kappa shape index (κ1) is 13.9. The summed E-state index contributed by atoms with van der Waals surface area (Å²) in [4.78, 5) is 0. The predicted molar refractivity (Wildman–Crippen MR) is 79.3 cm³/mol. The molecule has 0 saturated heterocycles. The highest BCUT2D eigenvalue weighted by molar-refractivity contribution is 9.10. The van der Waals surface area contributed by atoms with Crippen LogP contribution in [0.5, 0.6) is 0 Å². The molecule has 1 N–H and O–H groups in total. The fourth-order valence-electron chi connectivity index (χ4n) is 1.77. The highest BCUT2D eigenvalue weighted by atomic mass is 79.9. The van der Waals surface area contributed by atoms with E-state index in [2.05, 4.69) is 15.9 Å². The third-order valence-electron chi connectivity index (χ3n) is 2.59. The summed E-state index contributed by atoms with van der Waals surface area (Å²) >= 11 is 15.2. The smallest absolute Gasteiger partial charge is 0.0831 e. The lowest BCUT2D eigenvalue weighted by Crippen LogP contribution is -2.01. The summed E-state index contributed by atoms with van der Waals surface area (Å²) in [6, 6.07) is 13.0. The minimum atomic E-state index is -0.615. The van der Waals surface area contributed by atoms with Crippen LogP contribution in [0.15, 0.2) is 46.9 Å². The van der Waals surface area contributed by atoms with Crippen molar-refractivity contribution in [3.05, 3.63) is 68.1 Å². The van der Waals surface area contributed by atoms with Crippen LogP contribution in [0.1, 0.15) is 17.2 Å². The van der Waals surface area contributed by atoms with Gasteiger partial charge in [0, 0.05) is 20.9 Å². The van der Waals surface area contributed by atoms with Gasteiger partial charge in [-0.2, -0.15) is 0 Å². The van der Waals surface area contributed by atoms with Gasteiger partial charge in [0.15, 0.2) is 0 Å². The standard InChI is InChI=1S/C14H11BrCl2O/c15-11-3-1-2-9(4-11)5-14(18)10-6-12(16)8-13(17)7-10/h1-4,6-8,14,18H,5H2. The summed E-state index contributed by atoms with van der Waals surface area (Å²) in [6.45, 7) is 0. The molecule has 0 bridgehead atoms. The summed E-state index contributed by atoms with van der Waals surface area (Å²) in [5, 5.41) is 11.2. The maximum atomic E-state index is 10.2. The molecule has 0 heterocycles. The predicted octanol–water partition coefficient (Wildman–Crippen LogP) is 5.03. The summed E-state index contributed by atoms with van der Waals surface area (Å²) in [5.41, 5.74) is 1.78. The van der Waals surface area contributed by atoms with Gasteiger partial charge in [-0.15, -0.1) is 0 Å². The van der Waals surface area contributed by atoms with Crippen molar-refractivity contribution in [1.82, 2.24) is 0 Å². The van der Waals surface area contributed by atoms with Crippen molar-refractivity contribution < 1.29 is 5.11 Å². The van der Waals surface area contributed by atoms with Crippen LogP contribution >= 0.6 is 39.1 Å². The maximum absolute atomic E-state index is 10.2. The Morgan fingerprint density at radius 1 is 1.06 bits per heavy atom. The van der Waals surface area contributed by atoms with Gasteiger partial charge in [0.25, 0.3) is 0 Å².